The molecule has 1 aliphatic rings. The van der Waals surface area contributed by atoms with Gasteiger partial charge in [-0.25, -0.2) is 0 Å². The molecule has 1 atom stereocenters. The van der Waals surface area contributed by atoms with Gasteiger partial charge in [-0.15, -0.1) is 0 Å². The summed E-state index contributed by atoms with van der Waals surface area (Å²) in [5, 5.41) is 8.84. The molecule has 1 amide bonds. The molecule has 1 rings (SSSR count). The Bertz CT molecular complexity index is 293. The molecule has 0 aliphatic carbocycles. The van der Waals surface area contributed by atoms with E-state index in [-0.39, 0.29) is 11.9 Å². The summed E-state index contributed by atoms with van der Waals surface area (Å²) in [4.78, 5) is 15.8. The summed E-state index contributed by atoms with van der Waals surface area (Å²) in [6, 6.07) is 2.17. The van der Waals surface area contributed by atoms with Gasteiger partial charge >= 0.3 is 0 Å². The highest BCUT2D eigenvalue weighted by Crippen LogP contribution is 2.07. The monoisotopic (exact) mass is 253 g/mol. The highest BCUT2D eigenvalue weighted by Gasteiger charge is 2.23. The van der Waals surface area contributed by atoms with Crippen molar-refractivity contribution in [2.24, 2.45) is 0 Å². The Morgan fingerprint density at radius 3 is 2.56 bits per heavy atom. The lowest BCUT2D eigenvalue weighted by Gasteiger charge is -2.35. The first-order valence-corrected chi connectivity index (χ1v) is 6.68. The van der Waals surface area contributed by atoms with Crippen LogP contribution in [0.3, 0.4) is 0 Å². The maximum atomic E-state index is 11.9. The predicted molar refractivity (Wildman–Crippen MR) is 69.0 cm³/mol. The number of nitriles is 1. The van der Waals surface area contributed by atoms with E-state index >= 15 is 0 Å². The number of carbonyl (C=O) groups is 1. The smallest absolute Gasteiger partial charge is 0.224 e. The fraction of sp³-hybridized carbons (Fsp3) is 0.846. The molecule has 1 unspecified atom stereocenters. The second kappa shape index (κ2) is 8.06. The predicted octanol–water partition coefficient (Wildman–Crippen LogP) is 0.859. The lowest BCUT2D eigenvalue weighted by molar-refractivity contribution is -0.134. The van der Waals surface area contributed by atoms with Crippen molar-refractivity contribution in [1.29, 1.82) is 5.26 Å². The fourth-order valence-corrected chi connectivity index (χ4v) is 2.00. The minimum atomic E-state index is -0.0601. The zero-order valence-corrected chi connectivity index (χ0v) is 11.4. The molecule has 0 aromatic carbocycles. The Morgan fingerprint density at radius 2 is 2.00 bits per heavy atom. The highest BCUT2D eigenvalue weighted by molar-refractivity contribution is 5.76. The molecule has 18 heavy (non-hydrogen) atoms. The quantitative estimate of drug-likeness (QED) is 0.659. The SMILES string of the molecule is CCCOCCC(=O)N1CCN(C(C)C#N)CC1. The van der Waals surface area contributed by atoms with Crippen molar-refractivity contribution < 1.29 is 9.53 Å². The minimum Gasteiger partial charge on any atom is -0.381 e. The summed E-state index contributed by atoms with van der Waals surface area (Å²) >= 11 is 0. The summed E-state index contributed by atoms with van der Waals surface area (Å²) in [5.41, 5.74) is 0. The first-order valence-electron chi connectivity index (χ1n) is 6.68. The van der Waals surface area contributed by atoms with Gasteiger partial charge in [0.15, 0.2) is 0 Å². The Balaban J connectivity index is 2.22. The Hall–Kier alpha value is -1.12. The van der Waals surface area contributed by atoms with E-state index in [1.54, 1.807) is 0 Å². The first-order chi connectivity index (χ1) is 8.69. The van der Waals surface area contributed by atoms with Crippen LogP contribution in [0.2, 0.25) is 0 Å². The van der Waals surface area contributed by atoms with Gasteiger partial charge in [0.25, 0.3) is 0 Å². The summed E-state index contributed by atoms with van der Waals surface area (Å²) in [7, 11) is 0. The van der Waals surface area contributed by atoms with Gasteiger partial charge in [-0.05, 0) is 13.3 Å². The van der Waals surface area contributed by atoms with Crippen molar-refractivity contribution in [1.82, 2.24) is 9.80 Å². The van der Waals surface area contributed by atoms with E-state index in [0.717, 1.165) is 39.2 Å². The van der Waals surface area contributed by atoms with E-state index in [0.29, 0.717) is 13.0 Å². The molecule has 5 heteroatoms. The summed E-state index contributed by atoms with van der Waals surface area (Å²) in [5.74, 6) is 0.162. The van der Waals surface area contributed by atoms with Crippen molar-refractivity contribution in [2.45, 2.75) is 32.7 Å². The third-order valence-corrected chi connectivity index (χ3v) is 3.21. The molecule has 5 nitrogen and oxygen atoms in total. The van der Waals surface area contributed by atoms with E-state index in [2.05, 4.69) is 17.9 Å². The number of hydrogen-bond acceptors (Lipinski definition) is 4. The largest absolute Gasteiger partial charge is 0.381 e. The van der Waals surface area contributed by atoms with Crippen molar-refractivity contribution in [2.75, 3.05) is 39.4 Å². The third kappa shape index (κ3) is 4.63. The van der Waals surface area contributed by atoms with Crippen LogP contribution in [0.25, 0.3) is 0 Å². The van der Waals surface area contributed by atoms with Crippen LogP contribution in [0.15, 0.2) is 0 Å². The lowest BCUT2D eigenvalue weighted by Crippen LogP contribution is -2.51. The van der Waals surface area contributed by atoms with Crippen LogP contribution in [-0.4, -0.2) is 61.1 Å². The maximum absolute atomic E-state index is 11.9. The van der Waals surface area contributed by atoms with Crippen LogP contribution in [0.1, 0.15) is 26.7 Å². The number of carbonyl (C=O) groups excluding carboxylic acids is 1. The van der Waals surface area contributed by atoms with E-state index in [4.69, 9.17) is 10.00 Å². The molecule has 1 fully saturated rings. The molecule has 0 saturated carbocycles. The van der Waals surface area contributed by atoms with Gasteiger partial charge in [0.05, 0.1) is 25.1 Å². The molecule has 0 N–H and O–H groups in total. The normalized spacial score (nSPS) is 18.4. The second-order valence-electron chi connectivity index (χ2n) is 4.58. The van der Waals surface area contributed by atoms with Gasteiger partial charge in [0, 0.05) is 32.8 Å². The van der Waals surface area contributed by atoms with Crippen LogP contribution in [0.5, 0.6) is 0 Å². The third-order valence-electron chi connectivity index (χ3n) is 3.21. The molecule has 0 bridgehead atoms. The summed E-state index contributed by atoms with van der Waals surface area (Å²) in [6.07, 6.45) is 1.45. The number of nitrogens with zero attached hydrogens (tertiary/aromatic N) is 3. The van der Waals surface area contributed by atoms with Crippen LogP contribution in [0.4, 0.5) is 0 Å². The molecule has 1 aliphatic heterocycles. The Kier molecular flexibility index (Phi) is 6.69. The molecule has 0 aromatic rings. The van der Waals surface area contributed by atoms with E-state index in [1.807, 2.05) is 11.8 Å². The van der Waals surface area contributed by atoms with Crippen LogP contribution in [0, 0.1) is 11.3 Å². The van der Waals surface area contributed by atoms with Crippen LogP contribution in [-0.2, 0) is 9.53 Å². The Labute approximate surface area is 109 Å². The standard InChI is InChI=1S/C13H23N3O2/c1-3-9-18-10-4-13(17)16-7-5-15(6-8-16)12(2)11-14/h12H,3-10H2,1-2H3. The maximum Gasteiger partial charge on any atom is 0.224 e. The molecular formula is C13H23N3O2. The number of ether oxygens (including phenoxy) is 1. The van der Waals surface area contributed by atoms with E-state index in [1.165, 1.54) is 0 Å². The van der Waals surface area contributed by atoms with Gasteiger partial charge in [-0.2, -0.15) is 5.26 Å². The summed E-state index contributed by atoms with van der Waals surface area (Å²) < 4.78 is 5.32. The molecule has 102 valence electrons. The molecule has 1 heterocycles. The Morgan fingerprint density at radius 1 is 1.33 bits per heavy atom. The first kappa shape index (κ1) is 14.9. The van der Waals surface area contributed by atoms with Gasteiger partial charge in [0.1, 0.15) is 0 Å². The van der Waals surface area contributed by atoms with Crippen molar-refractivity contribution in [3.05, 3.63) is 0 Å². The lowest BCUT2D eigenvalue weighted by atomic mass is 10.2. The molecular weight excluding hydrogens is 230 g/mol. The van der Waals surface area contributed by atoms with Gasteiger partial charge in [0.2, 0.25) is 5.91 Å². The van der Waals surface area contributed by atoms with E-state index in [9.17, 15) is 4.79 Å². The van der Waals surface area contributed by atoms with Crippen LogP contribution < -0.4 is 0 Å². The van der Waals surface area contributed by atoms with Gasteiger partial charge in [-0.1, -0.05) is 6.92 Å². The van der Waals surface area contributed by atoms with Crippen molar-refractivity contribution >= 4 is 5.91 Å². The number of piperazine rings is 1. The number of rotatable bonds is 6. The van der Waals surface area contributed by atoms with Gasteiger partial charge in [-0.3, -0.25) is 9.69 Å². The van der Waals surface area contributed by atoms with E-state index < -0.39 is 0 Å². The second-order valence-corrected chi connectivity index (χ2v) is 4.58. The molecule has 0 radical (unpaired) electrons. The average Bonchev–Trinajstić information content (AvgIpc) is 2.42. The van der Waals surface area contributed by atoms with Crippen LogP contribution >= 0.6 is 0 Å². The summed E-state index contributed by atoms with van der Waals surface area (Å²) in [6.45, 7) is 8.21. The number of hydrogen-bond donors (Lipinski definition) is 0. The molecule has 1 saturated heterocycles. The topological polar surface area (TPSA) is 56.6 Å². The van der Waals surface area contributed by atoms with Crippen molar-refractivity contribution in [3.8, 4) is 6.07 Å². The zero-order valence-electron chi connectivity index (χ0n) is 11.4. The number of amides is 1. The minimum absolute atomic E-state index is 0.0601. The molecule has 0 aromatic heterocycles. The van der Waals surface area contributed by atoms with Crippen molar-refractivity contribution in [3.63, 3.8) is 0 Å². The zero-order chi connectivity index (χ0) is 13.4. The average molecular weight is 253 g/mol. The fourth-order valence-electron chi connectivity index (χ4n) is 2.00. The van der Waals surface area contributed by atoms with Gasteiger partial charge < -0.3 is 9.64 Å². The highest BCUT2D eigenvalue weighted by atomic mass is 16.5. The molecule has 0 spiro atoms.